The fraction of sp³-hybridized carbons (Fsp3) is 0.440. The zero-order chi connectivity index (χ0) is 21.5. The highest BCUT2D eigenvalue weighted by atomic mass is 16.5. The van der Waals surface area contributed by atoms with Crippen LogP contribution in [0.2, 0.25) is 0 Å². The number of morpholine rings is 1. The SMILES string of the molecule is Cn1cc(-c2ccc3[nH]c4nccc(N[C@H]5CC[C@H](N6CCOCC6)CC5)c4c3c2)cn1. The topological polar surface area (TPSA) is 71.0 Å². The number of aromatic nitrogens is 4. The number of nitrogens with zero attached hydrogens (tertiary/aromatic N) is 4. The second-order valence-electron chi connectivity index (χ2n) is 9.17. The van der Waals surface area contributed by atoms with Crippen molar-refractivity contribution >= 4 is 27.6 Å². The molecule has 1 saturated heterocycles. The van der Waals surface area contributed by atoms with Crippen molar-refractivity contribution in [3.63, 3.8) is 0 Å². The number of rotatable bonds is 4. The third-order valence-electron chi connectivity index (χ3n) is 7.15. The van der Waals surface area contributed by atoms with Gasteiger partial charge in [0.15, 0.2) is 0 Å². The Hall–Kier alpha value is -2.90. The minimum Gasteiger partial charge on any atom is -0.382 e. The van der Waals surface area contributed by atoms with Crippen LogP contribution >= 0.6 is 0 Å². The molecule has 4 aromatic rings. The van der Waals surface area contributed by atoms with E-state index in [0.29, 0.717) is 12.1 Å². The maximum atomic E-state index is 5.53. The number of anilines is 1. The average molecular weight is 431 g/mol. The summed E-state index contributed by atoms with van der Waals surface area (Å²) in [5, 5.41) is 10.6. The molecule has 0 spiro atoms. The number of nitrogens with one attached hydrogen (secondary N) is 2. The van der Waals surface area contributed by atoms with E-state index in [1.807, 2.05) is 24.1 Å². The van der Waals surface area contributed by atoms with Crippen LogP contribution in [0.3, 0.4) is 0 Å². The molecule has 0 unspecified atom stereocenters. The molecule has 0 atom stereocenters. The maximum absolute atomic E-state index is 5.53. The molecule has 1 aliphatic heterocycles. The Morgan fingerprint density at radius 1 is 1.06 bits per heavy atom. The molecule has 1 aromatic carbocycles. The molecule has 7 heteroatoms. The summed E-state index contributed by atoms with van der Waals surface area (Å²) in [6.45, 7) is 3.94. The zero-order valence-corrected chi connectivity index (χ0v) is 18.6. The van der Waals surface area contributed by atoms with E-state index in [0.717, 1.165) is 43.0 Å². The van der Waals surface area contributed by atoms with Crippen molar-refractivity contribution in [1.82, 2.24) is 24.6 Å². The monoisotopic (exact) mass is 430 g/mol. The van der Waals surface area contributed by atoms with E-state index in [1.165, 1.54) is 47.7 Å². The van der Waals surface area contributed by atoms with Gasteiger partial charge in [0, 0.05) is 72.2 Å². The van der Waals surface area contributed by atoms with Crippen LogP contribution in [0.5, 0.6) is 0 Å². The van der Waals surface area contributed by atoms with Crippen molar-refractivity contribution in [2.75, 3.05) is 31.6 Å². The number of aryl methyl sites for hydroxylation is 1. The molecule has 7 nitrogen and oxygen atoms in total. The molecule has 2 N–H and O–H groups in total. The predicted molar refractivity (Wildman–Crippen MR) is 128 cm³/mol. The van der Waals surface area contributed by atoms with Crippen LogP contribution < -0.4 is 5.32 Å². The minimum absolute atomic E-state index is 0.504. The second-order valence-corrected chi connectivity index (χ2v) is 9.17. The third kappa shape index (κ3) is 3.65. The van der Waals surface area contributed by atoms with Crippen molar-refractivity contribution in [3.05, 3.63) is 42.9 Å². The van der Waals surface area contributed by atoms with Gasteiger partial charge < -0.3 is 15.0 Å². The fourth-order valence-electron chi connectivity index (χ4n) is 5.43. The van der Waals surface area contributed by atoms with Gasteiger partial charge in [0.05, 0.1) is 19.4 Å². The van der Waals surface area contributed by atoms with E-state index in [-0.39, 0.29) is 0 Å². The van der Waals surface area contributed by atoms with Gasteiger partial charge >= 0.3 is 0 Å². The summed E-state index contributed by atoms with van der Waals surface area (Å²) in [6.07, 6.45) is 10.8. The molecule has 0 bridgehead atoms. The Morgan fingerprint density at radius 2 is 1.91 bits per heavy atom. The second kappa shape index (κ2) is 8.22. The van der Waals surface area contributed by atoms with Crippen LogP contribution in [0, 0.1) is 0 Å². The first-order chi connectivity index (χ1) is 15.7. The Balaban J connectivity index is 1.26. The highest BCUT2D eigenvalue weighted by molar-refractivity contribution is 6.13. The van der Waals surface area contributed by atoms with Crippen LogP contribution in [0.25, 0.3) is 33.1 Å². The molecule has 3 aromatic heterocycles. The first kappa shape index (κ1) is 19.8. The van der Waals surface area contributed by atoms with Crippen LogP contribution in [0.1, 0.15) is 25.7 Å². The Kier molecular flexibility index (Phi) is 5.08. The fourth-order valence-corrected chi connectivity index (χ4v) is 5.43. The van der Waals surface area contributed by atoms with Crippen molar-refractivity contribution < 1.29 is 4.74 Å². The Bertz CT molecular complexity index is 1230. The Labute approximate surface area is 187 Å². The molecule has 0 amide bonds. The zero-order valence-electron chi connectivity index (χ0n) is 18.6. The number of fused-ring (bicyclic) bond motifs is 3. The van der Waals surface area contributed by atoms with E-state index in [1.54, 1.807) is 0 Å². The minimum atomic E-state index is 0.504. The van der Waals surface area contributed by atoms with Crippen LogP contribution in [0.15, 0.2) is 42.9 Å². The predicted octanol–water partition coefficient (Wildman–Crippen LogP) is 4.17. The largest absolute Gasteiger partial charge is 0.382 e. The maximum Gasteiger partial charge on any atom is 0.140 e. The summed E-state index contributed by atoms with van der Waals surface area (Å²) in [5.41, 5.74) is 5.54. The third-order valence-corrected chi connectivity index (χ3v) is 7.15. The lowest BCUT2D eigenvalue weighted by Crippen LogP contribution is -2.46. The quantitative estimate of drug-likeness (QED) is 0.508. The van der Waals surface area contributed by atoms with Gasteiger partial charge in [0.25, 0.3) is 0 Å². The van der Waals surface area contributed by atoms with Gasteiger partial charge in [-0.25, -0.2) is 4.98 Å². The van der Waals surface area contributed by atoms with Gasteiger partial charge in [0.1, 0.15) is 5.65 Å². The molecule has 4 heterocycles. The van der Waals surface area contributed by atoms with E-state index in [9.17, 15) is 0 Å². The van der Waals surface area contributed by atoms with E-state index in [4.69, 9.17) is 4.74 Å². The molecule has 1 saturated carbocycles. The number of ether oxygens (including phenoxy) is 1. The van der Waals surface area contributed by atoms with Gasteiger partial charge in [-0.3, -0.25) is 9.58 Å². The molecule has 32 heavy (non-hydrogen) atoms. The summed E-state index contributed by atoms with van der Waals surface area (Å²) in [7, 11) is 1.95. The first-order valence-corrected chi connectivity index (χ1v) is 11.7. The number of hydrogen-bond acceptors (Lipinski definition) is 5. The van der Waals surface area contributed by atoms with E-state index >= 15 is 0 Å². The lowest BCUT2D eigenvalue weighted by Gasteiger charge is -2.39. The summed E-state index contributed by atoms with van der Waals surface area (Å²) in [5.74, 6) is 0. The molecule has 0 radical (unpaired) electrons. The summed E-state index contributed by atoms with van der Waals surface area (Å²) >= 11 is 0. The van der Waals surface area contributed by atoms with Crippen molar-refractivity contribution in [1.29, 1.82) is 0 Å². The van der Waals surface area contributed by atoms with Gasteiger partial charge in [-0.15, -0.1) is 0 Å². The number of benzene rings is 1. The summed E-state index contributed by atoms with van der Waals surface area (Å²) in [6, 6.07) is 9.90. The van der Waals surface area contributed by atoms with Gasteiger partial charge in [-0.2, -0.15) is 5.10 Å². The van der Waals surface area contributed by atoms with E-state index in [2.05, 4.69) is 55.7 Å². The average Bonchev–Trinajstić information content (AvgIpc) is 3.43. The number of pyridine rings is 1. The molecule has 166 valence electrons. The molecular formula is C25H30N6O. The number of H-pyrrole nitrogens is 1. The highest BCUT2D eigenvalue weighted by Gasteiger charge is 2.27. The molecular weight excluding hydrogens is 400 g/mol. The highest BCUT2D eigenvalue weighted by Crippen LogP contribution is 2.35. The Morgan fingerprint density at radius 3 is 2.69 bits per heavy atom. The van der Waals surface area contributed by atoms with Gasteiger partial charge in [-0.1, -0.05) is 6.07 Å². The number of aromatic amines is 1. The van der Waals surface area contributed by atoms with Crippen molar-refractivity contribution in [3.8, 4) is 11.1 Å². The van der Waals surface area contributed by atoms with Crippen LogP contribution in [-0.4, -0.2) is 63.0 Å². The van der Waals surface area contributed by atoms with Crippen LogP contribution in [0.4, 0.5) is 5.69 Å². The van der Waals surface area contributed by atoms with Crippen molar-refractivity contribution in [2.45, 2.75) is 37.8 Å². The summed E-state index contributed by atoms with van der Waals surface area (Å²) in [4.78, 5) is 10.7. The molecule has 2 aliphatic rings. The van der Waals surface area contributed by atoms with E-state index < -0.39 is 0 Å². The summed E-state index contributed by atoms with van der Waals surface area (Å²) < 4.78 is 7.37. The van der Waals surface area contributed by atoms with Gasteiger partial charge in [-0.05, 0) is 49.4 Å². The molecule has 1 aliphatic carbocycles. The normalized spacial score (nSPS) is 22.5. The molecule has 2 fully saturated rings. The van der Waals surface area contributed by atoms with Gasteiger partial charge in [0.2, 0.25) is 0 Å². The first-order valence-electron chi connectivity index (χ1n) is 11.7. The number of hydrogen-bond donors (Lipinski definition) is 2. The standard InChI is InChI=1S/C25H30N6O/c1-30-16-18(15-27-30)17-2-7-22-21(14-17)24-23(8-9-26-25(24)29-22)28-19-3-5-20(6-4-19)31-10-12-32-13-11-31/h2,7-9,14-16,19-20H,3-6,10-13H2,1H3,(H2,26,28,29)/t19-,20-. The lowest BCUT2D eigenvalue weighted by molar-refractivity contribution is 0.00791. The molecule has 6 rings (SSSR count). The van der Waals surface area contributed by atoms with Crippen molar-refractivity contribution in [2.24, 2.45) is 7.05 Å². The lowest BCUT2D eigenvalue weighted by atomic mass is 9.89. The van der Waals surface area contributed by atoms with Crippen LogP contribution in [-0.2, 0) is 11.8 Å². The smallest absolute Gasteiger partial charge is 0.140 e.